The smallest absolute Gasteiger partial charge is 0.242 e. The number of halogens is 1. The maximum atomic E-state index is 11.8. The van der Waals surface area contributed by atoms with Gasteiger partial charge in [0, 0.05) is 30.5 Å². The summed E-state index contributed by atoms with van der Waals surface area (Å²) in [4.78, 5) is 15.1. The van der Waals surface area contributed by atoms with Crippen LogP contribution >= 0.6 is 15.9 Å². The molecule has 2 N–H and O–H groups in total. The summed E-state index contributed by atoms with van der Waals surface area (Å²) in [5.41, 5.74) is 0. The molecule has 0 saturated heterocycles. The number of pyridine rings is 1. The van der Waals surface area contributed by atoms with Gasteiger partial charge in [-0.25, -0.2) is 13.1 Å². The Morgan fingerprint density at radius 3 is 2.84 bits per heavy atom. The van der Waals surface area contributed by atoms with Crippen LogP contribution in [0.4, 0.5) is 0 Å². The summed E-state index contributed by atoms with van der Waals surface area (Å²) >= 11 is 3.13. The fraction of sp³-hybridized carbons (Fsp3) is 0.400. The Bertz CT molecular complexity index is 535. The number of sulfonamides is 1. The summed E-state index contributed by atoms with van der Waals surface area (Å²) < 4.78 is 31.2. The molecular formula is C10H14BrN3O4S. The van der Waals surface area contributed by atoms with Gasteiger partial charge < -0.3 is 10.1 Å². The Morgan fingerprint density at radius 2 is 2.21 bits per heavy atom. The monoisotopic (exact) mass is 351 g/mol. The molecule has 0 bridgehead atoms. The van der Waals surface area contributed by atoms with Crippen LogP contribution in [0.15, 0.2) is 27.8 Å². The second-order valence-corrected chi connectivity index (χ2v) is 6.19. The highest BCUT2D eigenvalue weighted by atomic mass is 79.9. The van der Waals surface area contributed by atoms with Crippen LogP contribution in [-0.2, 0) is 19.6 Å². The molecule has 0 fully saturated rings. The van der Waals surface area contributed by atoms with E-state index in [0.29, 0.717) is 17.6 Å². The average molecular weight is 352 g/mol. The second-order valence-electron chi connectivity index (χ2n) is 3.51. The van der Waals surface area contributed by atoms with Crippen LogP contribution in [0.2, 0.25) is 0 Å². The van der Waals surface area contributed by atoms with E-state index in [4.69, 9.17) is 4.74 Å². The van der Waals surface area contributed by atoms with Crippen molar-refractivity contribution in [3.8, 4) is 0 Å². The first kappa shape index (κ1) is 16.0. The zero-order valence-corrected chi connectivity index (χ0v) is 12.6. The van der Waals surface area contributed by atoms with Crippen molar-refractivity contribution in [2.75, 3.05) is 26.8 Å². The molecule has 0 saturated carbocycles. The molecule has 0 aliphatic rings. The first-order chi connectivity index (χ1) is 8.95. The van der Waals surface area contributed by atoms with Gasteiger partial charge in [-0.2, -0.15) is 0 Å². The zero-order chi connectivity index (χ0) is 14.3. The Hall–Kier alpha value is -1.03. The summed E-state index contributed by atoms with van der Waals surface area (Å²) in [7, 11) is -2.23. The van der Waals surface area contributed by atoms with Gasteiger partial charge in [-0.3, -0.25) is 9.78 Å². The van der Waals surface area contributed by atoms with E-state index in [1.807, 2.05) is 0 Å². The predicted molar refractivity (Wildman–Crippen MR) is 72.0 cm³/mol. The van der Waals surface area contributed by atoms with Gasteiger partial charge in [-0.15, -0.1) is 0 Å². The van der Waals surface area contributed by atoms with Gasteiger partial charge in [-0.05, 0) is 22.0 Å². The molecule has 9 heteroatoms. The van der Waals surface area contributed by atoms with Crippen molar-refractivity contribution in [3.63, 3.8) is 0 Å². The van der Waals surface area contributed by atoms with Crippen LogP contribution in [0.25, 0.3) is 0 Å². The largest absolute Gasteiger partial charge is 0.383 e. The van der Waals surface area contributed by atoms with Gasteiger partial charge in [0.05, 0.1) is 13.2 Å². The van der Waals surface area contributed by atoms with Gasteiger partial charge in [0.25, 0.3) is 0 Å². The fourth-order valence-corrected chi connectivity index (χ4v) is 2.62. The van der Waals surface area contributed by atoms with Crippen molar-refractivity contribution in [1.82, 2.24) is 15.0 Å². The quantitative estimate of drug-likeness (QED) is 0.667. The number of rotatable bonds is 7. The highest BCUT2D eigenvalue weighted by Gasteiger charge is 2.15. The molecular weight excluding hydrogens is 338 g/mol. The first-order valence-electron chi connectivity index (χ1n) is 5.31. The number of methoxy groups -OCH3 is 1. The lowest BCUT2D eigenvalue weighted by Gasteiger charge is -2.07. The number of carbonyl (C=O) groups excluding carboxylic acids is 1. The lowest BCUT2D eigenvalue weighted by atomic mass is 10.5. The molecule has 0 aliphatic carbocycles. The Balaban J connectivity index is 2.54. The zero-order valence-electron chi connectivity index (χ0n) is 10.2. The lowest BCUT2D eigenvalue weighted by molar-refractivity contribution is -0.120. The number of hydrogen-bond donors (Lipinski definition) is 2. The summed E-state index contributed by atoms with van der Waals surface area (Å²) in [5, 5.41) is 2.50. The van der Waals surface area contributed by atoms with Crippen LogP contribution in [0.3, 0.4) is 0 Å². The Kier molecular flexibility index (Phi) is 6.35. The van der Waals surface area contributed by atoms with E-state index in [2.05, 4.69) is 31.0 Å². The summed E-state index contributed by atoms with van der Waals surface area (Å²) in [6.07, 6.45) is 2.67. The molecule has 0 aliphatic heterocycles. The van der Waals surface area contributed by atoms with Crippen molar-refractivity contribution >= 4 is 31.9 Å². The molecule has 7 nitrogen and oxygen atoms in total. The molecule has 1 amide bonds. The van der Waals surface area contributed by atoms with Gasteiger partial charge in [-0.1, -0.05) is 0 Å². The number of nitrogens with one attached hydrogen (secondary N) is 2. The van der Waals surface area contributed by atoms with E-state index >= 15 is 0 Å². The van der Waals surface area contributed by atoms with Gasteiger partial charge in [0.15, 0.2) is 0 Å². The van der Waals surface area contributed by atoms with Gasteiger partial charge in [0.1, 0.15) is 4.90 Å². The first-order valence-corrected chi connectivity index (χ1v) is 7.59. The summed E-state index contributed by atoms with van der Waals surface area (Å²) in [6, 6.07) is 1.40. The van der Waals surface area contributed by atoms with Gasteiger partial charge >= 0.3 is 0 Å². The molecule has 1 aromatic rings. The number of ether oxygens (including phenoxy) is 1. The second kappa shape index (κ2) is 7.53. The van der Waals surface area contributed by atoms with E-state index in [1.165, 1.54) is 25.6 Å². The van der Waals surface area contributed by atoms with Crippen molar-refractivity contribution in [1.29, 1.82) is 0 Å². The van der Waals surface area contributed by atoms with Crippen LogP contribution in [0.5, 0.6) is 0 Å². The SMILES string of the molecule is COCCNC(=O)CNS(=O)(=O)c1cncc(Br)c1. The maximum absolute atomic E-state index is 11.8. The molecule has 0 aromatic carbocycles. The van der Waals surface area contributed by atoms with E-state index in [1.54, 1.807) is 0 Å². The minimum atomic E-state index is -3.74. The molecule has 0 atom stereocenters. The Morgan fingerprint density at radius 1 is 1.47 bits per heavy atom. The number of nitrogens with zero attached hydrogens (tertiary/aromatic N) is 1. The third kappa shape index (κ3) is 5.64. The minimum absolute atomic E-state index is 0.00781. The number of hydrogen-bond acceptors (Lipinski definition) is 5. The van der Waals surface area contributed by atoms with E-state index in [-0.39, 0.29) is 11.4 Å². The number of carbonyl (C=O) groups is 1. The fourth-order valence-electron chi connectivity index (χ4n) is 1.14. The standard InChI is InChI=1S/C10H14BrN3O4S/c1-18-3-2-13-10(15)7-14-19(16,17)9-4-8(11)5-12-6-9/h4-6,14H,2-3,7H2,1H3,(H,13,15). The number of amides is 1. The van der Waals surface area contributed by atoms with Crippen LogP contribution in [-0.4, -0.2) is 46.1 Å². The molecule has 19 heavy (non-hydrogen) atoms. The third-order valence-corrected chi connectivity index (χ3v) is 3.84. The maximum Gasteiger partial charge on any atom is 0.242 e. The molecule has 1 aromatic heterocycles. The topological polar surface area (TPSA) is 97.4 Å². The molecule has 1 rings (SSSR count). The molecule has 0 radical (unpaired) electrons. The minimum Gasteiger partial charge on any atom is -0.383 e. The van der Waals surface area contributed by atoms with Crippen LogP contribution in [0, 0.1) is 0 Å². The highest BCUT2D eigenvalue weighted by molar-refractivity contribution is 9.10. The van der Waals surface area contributed by atoms with Crippen LogP contribution < -0.4 is 10.0 Å². The molecule has 106 valence electrons. The molecule has 0 spiro atoms. The summed E-state index contributed by atoms with van der Waals surface area (Å²) in [5.74, 6) is -0.427. The summed E-state index contributed by atoms with van der Waals surface area (Å²) in [6.45, 7) is 0.363. The lowest BCUT2D eigenvalue weighted by Crippen LogP contribution is -2.38. The third-order valence-electron chi connectivity index (χ3n) is 2.04. The highest BCUT2D eigenvalue weighted by Crippen LogP contribution is 2.13. The van der Waals surface area contributed by atoms with E-state index in [9.17, 15) is 13.2 Å². The molecule has 0 unspecified atom stereocenters. The average Bonchev–Trinajstić information content (AvgIpc) is 2.37. The van der Waals surface area contributed by atoms with E-state index < -0.39 is 15.9 Å². The van der Waals surface area contributed by atoms with E-state index in [0.717, 1.165) is 0 Å². The van der Waals surface area contributed by atoms with Crippen molar-refractivity contribution in [3.05, 3.63) is 22.9 Å². The predicted octanol–water partition coefficient (Wildman–Crippen LogP) is -0.115. The van der Waals surface area contributed by atoms with Crippen molar-refractivity contribution < 1.29 is 17.9 Å². The Labute approximate surface area is 119 Å². The number of aromatic nitrogens is 1. The van der Waals surface area contributed by atoms with Gasteiger partial charge in [0.2, 0.25) is 15.9 Å². The molecule has 1 heterocycles. The normalized spacial score (nSPS) is 11.3. The van der Waals surface area contributed by atoms with Crippen LogP contribution in [0.1, 0.15) is 0 Å². The van der Waals surface area contributed by atoms with Crippen molar-refractivity contribution in [2.24, 2.45) is 0 Å². The van der Waals surface area contributed by atoms with Crippen molar-refractivity contribution in [2.45, 2.75) is 4.90 Å².